The highest BCUT2D eigenvalue weighted by atomic mass is 16.1. The van der Waals surface area contributed by atoms with E-state index in [9.17, 15) is 4.79 Å². The summed E-state index contributed by atoms with van der Waals surface area (Å²) in [6.45, 7) is 2.98. The zero-order valence-electron chi connectivity index (χ0n) is 11.5. The SMILES string of the molecule is Cn1ccnc(N(CC2CC2)CC2CCCN2)c1=O. The minimum absolute atomic E-state index is 0.0150. The molecule has 104 valence electrons. The van der Waals surface area contributed by atoms with Gasteiger partial charge in [-0.3, -0.25) is 4.79 Å². The van der Waals surface area contributed by atoms with E-state index < -0.39 is 0 Å². The van der Waals surface area contributed by atoms with Crippen LogP contribution in [0.3, 0.4) is 0 Å². The summed E-state index contributed by atoms with van der Waals surface area (Å²) in [6, 6.07) is 0.505. The molecule has 2 heterocycles. The number of rotatable bonds is 5. The van der Waals surface area contributed by atoms with Crippen LogP contribution in [0.2, 0.25) is 0 Å². The van der Waals surface area contributed by atoms with Crippen molar-refractivity contribution in [1.82, 2.24) is 14.9 Å². The Kier molecular flexibility index (Phi) is 3.55. The molecule has 0 aromatic carbocycles. The van der Waals surface area contributed by atoms with Crippen molar-refractivity contribution < 1.29 is 0 Å². The average molecular weight is 262 g/mol. The fourth-order valence-corrected chi connectivity index (χ4v) is 2.74. The molecular weight excluding hydrogens is 240 g/mol. The molecule has 0 amide bonds. The highest BCUT2D eigenvalue weighted by Crippen LogP contribution is 2.30. The monoisotopic (exact) mass is 262 g/mol. The molecule has 1 saturated heterocycles. The second-order valence-electron chi connectivity index (χ2n) is 5.81. The van der Waals surface area contributed by atoms with Gasteiger partial charge in [-0.2, -0.15) is 0 Å². The summed E-state index contributed by atoms with van der Waals surface area (Å²) in [5, 5.41) is 3.51. The third kappa shape index (κ3) is 2.97. The van der Waals surface area contributed by atoms with Crippen molar-refractivity contribution in [2.24, 2.45) is 13.0 Å². The number of anilines is 1. The molecular formula is C14H22N4O. The first-order valence-electron chi connectivity index (χ1n) is 7.24. The highest BCUT2D eigenvalue weighted by Gasteiger charge is 2.28. The first-order chi connectivity index (χ1) is 9.24. The third-order valence-corrected chi connectivity index (χ3v) is 4.08. The number of aryl methyl sites for hydroxylation is 1. The van der Waals surface area contributed by atoms with Crippen LogP contribution in [0.4, 0.5) is 5.82 Å². The average Bonchev–Trinajstić information content (AvgIpc) is 3.06. The summed E-state index contributed by atoms with van der Waals surface area (Å²) >= 11 is 0. The fourth-order valence-electron chi connectivity index (χ4n) is 2.74. The van der Waals surface area contributed by atoms with E-state index >= 15 is 0 Å². The Hall–Kier alpha value is -1.36. The van der Waals surface area contributed by atoms with Crippen molar-refractivity contribution in [2.45, 2.75) is 31.7 Å². The van der Waals surface area contributed by atoms with Gasteiger partial charge >= 0.3 is 0 Å². The van der Waals surface area contributed by atoms with E-state index in [1.165, 1.54) is 25.7 Å². The fraction of sp³-hybridized carbons (Fsp3) is 0.714. The van der Waals surface area contributed by atoms with Gasteiger partial charge in [0.2, 0.25) is 0 Å². The van der Waals surface area contributed by atoms with Gasteiger partial charge in [0.15, 0.2) is 5.82 Å². The second kappa shape index (κ2) is 5.33. The first kappa shape index (κ1) is 12.7. The molecule has 3 rings (SSSR count). The maximum absolute atomic E-state index is 12.2. The summed E-state index contributed by atoms with van der Waals surface area (Å²) in [5.41, 5.74) is 0.0150. The Balaban J connectivity index is 1.80. The van der Waals surface area contributed by atoms with E-state index in [-0.39, 0.29) is 5.56 Å². The van der Waals surface area contributed by atoms with Gasteiger partial charge in [0, 0.05) is 38.6 Å². The molecule has 0 spiro atoms. The molecule has 1 aliphatic carbocycles. The lowest BCUT2D eigenvalue weighted by atomic mass is 10.2. The lowest BCUT2D eigenvalue weighted by molar-refractivity contribution is 0.564. The molecule has 0 bridgehead atoms. The minimum Gasteiger partial charge on any atom is -0.350 e. The van der Waals surface area contributed by atoms with Gasteiger partial charge in [0.05, 0.1) is 0 Å². The van der Waals surface area contributed by atoms with E-state index in [1.54, 1.807) is 24.0 Å². The molecule has 19 heavy (non-hydrogen) atoms. The summed E-state index contributed by atoms with van der Waals surface area (Å²) in [5.74, 6) is 1.37. The van der Waals surface area contributed by atoms with Crippen molar-refractivity contribution in [1.29, 1.82) is 0 Å². The van der Waals surface area contributed by atoms with Crippen molar-refractivity contribution in [3.8, 4) is 0 Å². The van der Waals surface area contributed by atoms with E-state index in [4.69, 9.17) is 0 Å². The molecule has 2 aliphatic rings. The molecule has 1 aliphatic heterocycles. The van der Waals surface area contributed by atoms with Gasteiger partial charge in [0.1, 0.15) is 0 Å². The molecule has 2 fully saturated rings. The predicted molar refractivity (Wildman–Crippen MR) is 75.4 cm³/mol. The van der Waals surface area contributed by atoms with Crippen molar-refractivity contribution in [3.05, 3.63) is 22.7 Å². The van der Waals surface area contributed by atoms with Crippen LogP contribution in [0.15, 0.2) is 17.2 Å². The van der Waals surface area contributed by atoms with Crippen molar-refractivity contribution in [2.75, 3.05) is 24.5 Å². The van der Waals surface area contributed by atoms with Crippen LogP contribution >= 0.6 is 0 Å². The summed E-state index contributed by atoms with van der Waals surface area (Å²) < 4.78 is 1.62. The number of hydrogen-bond acceptors (Lipinski definition) is 4. The number of hydrogen-bond donors (Lipinski definition) is 1. The maximum atomic E-state index is 12.2. The summed E-state index contributed by atoms with van der Waals surface area (Å²) in [4.78, 5) is 18.7. The van der Waals surface area contributed by atoms with E-state index in [1.807, 2.05) is 0 Å². The van der Waals surface area contributed by atoms with Crippen molar-refractivity contribution in [3.63, 3.8) is 0 Å². The topological polar surface area (TPSA) is 50.2 Å². The van der Waals surface area contributed by atoms with Crippen LogP contribution in [-0.2, 0) is 7.05 Å². The largest absolute Gasteiger partial charge is 0.350 e. The molecule has 5 heteroatoms. The zero-order valence-corrected chi connectivity index (χ0v) is 11.5. The Labute approximate surface area is 113 Å². The lowest BCUT2D eigenvalue weighted by Gasteiger charge is -2.26. The lowest BCUT2D eigenvalue weighted by Crippen LogP contribution is -2.42. The van der Waals surface area contributed by atoms with Crippen LogP contribution in [0.1, 0.15) is 25.7 Å². The molecule has 0 radical (unpaired) electrons. The zero-order chi connectivity index (χ0) is 13.2. The van der Waals surface area contributed by atoms with E-state index in [0.29, 0.717) is 11.9 Å². The molecule has 1 aromatic rings. The third-order valence-electron chi connectivity index (χ3n) is 4.08. The van der Waals surface area contributed by atoms with Crippen LogP contribution < -0.4 is 15.8 Å². The van der Waals surface area contributed by atoms with Crippen LogP contribution in [0.25, 0.3) is 0 Å². The Morgan fingerprint density at radius 1 is 1.42 bits per heavy atom. The molecule has 1 aromatic heterocycles. The van der Waals surface area contributed by atoms with Gasteiger partial charge in [-0.05, 0) is 38.1 Å². The molecule has 1 unspecified atom stereocenters. The van der Waals surface area contributed by atoms with Gasteiger partial charge in [-0.15, -0.1) is 0 Å². The Bertz CT molecular complexity index is 488. The van der Waals surface area contributed by atoms with Crippen molar-refractivity contribution >= 4 is 5.82 Å². The van der Waals surface area contributed by atoms with Gasteiger partial charge in [0.25, 0.3) is 5.56 Å². The number of aromatic nitrogens is 2. The standard InChI is InChI=1S/C14H22N4O/c1-17-8-7-16-13(14(17)19)18(9-11-4-5-11)10-12-3-2-6-15-12/h7-8,11-12,15H,2-6,9-10H2,1H3. The summed E-state index contributed by atoms with van der Waals surface area (Å²) in [6.07, 6.45) is 8.47. The number of nitrogens with one attached hydrogen (secondary N) is 1. The van der Waals surface area contributed by atoms with Crippen LogP contribution in [-0.4, -0.2) is 35.2 Å². The van der Waals surface area contributed by atoms with Crippen LogP contribution in [0, 0.1) is 5.92 Å². The Morgan fingerprint density at radius 3 is 2.95 bits per heavy atom. The van der Waals surface area contributed by atoms with Crippen LogP contribution in [0.5, 0.6) is 0 Å². The highest BCUT2D eigenvalue weighted by molar-refractivity contribution is 5.36. The normalized spacial score (nSPS) is 22.7. The predicted octanol–water partition coefficient (Wildman–Crippen LogP) is 0.749. The minimum atomic E-state index is 0.0150. The van der Waals surface area contributed by atoms with E-state index in [2.05, 4.69) is 15.2 Å². The molecule has 1 saturated carbocycles. The molecule has 5 nitrogen and oxygen atoms in total. The number of nitrogens with zero attached hydrogens (tertiary/aromatic N) is 3. The summed E-state index contributed by atoms with van der Waals surface area (Å²) in [7, 11) is 1.79. The first-order valence-corrected chi connectivity index (χ1v) is 7.24. The maximum Gasteiger partial charge on any atom is 0.293 e. The van der Waals surface area contributed by atoms with Gasteiger partial charge in [-0.25, -0.2) is 4.98 Å². The quantitative estimate of drug-likeness (QED) is 0.850. The second-order valence-corrected chi connectivity index (χ2v) is 5.81. The molecule has 1 N–H and O–H groups in total. The van der Waals surface area contributed by atoms with E-state index in [0.717, 1.165) is 25.6 Å². The van der Waals surface area contributed by atoms with Gasteiger partial charge in [-0.1, -0.05) is 0 Å². The Morgan fingerprint density at radius 2 is 2.26 bits per heavy atom. The smallest absolute Gasteiger partial charge is 0.293 e. The van der Waals surface area contributed by atoms with Gasteiger partial charge < -0.3 is 14.8 Å². The molecule has 1 atom stereocenters.